The Labute approximate surface area is 173 Å². The molecule has 4 nitrogen and oxygen atoms in total. The molecule has 0 aliphatic rings. The van der Waals surface area contributed by atoms with Crippen LogP contribution in [0.1, 0.15) is 110 Å². The SMILES string of the molecule is CCCCCCCCCCCCCCCCCC[N+](C)(C)C.[O-][I+2]([O-])[O-]. The number of hydrogen-bond acceptors (Lipinski definition) is 3. The zero-order valence-corrected chi connectivity index (χ0v) is 20.2. The van der Waals surface area contributed by atoms with Gasteiger partial charge in [-0.15, -0.1) is 0 Å². The molecule has 0 bridgehead atoms. The van der Waals surface area contributed by atoms with Gasteiger partial charge in [-0.3, -0.25) is 0 Å². The molecule has 5 heteroatoms. The van der Waals surface area contributed by atoms with Gasteiger partial charge in [-0.25, -0.2) is 0 Å². The largest absolute Gasteiger partial charge is 0.427 e. The van der Waals surface area contributed by atoms with E-state index in [0.717, 1.165) is 4.48 Å². The highest BCUT2D eigenvalue weighted by atomic mass is 127. The maximum absolute atomic E-state index is 8.57. The molecule has 0 aromatic carbocycles. The van der Waals surface area contributed by atoms with Crippen molar-refractivity contribution in [2.45, 2.75) is 110 Å². The molecule has 0 rings (SSSR count). The van der Waals surface area contributed by atoms with Gasteiger partial charge in [-0.05, 0) is 12.8 Å². The summed E-state index contributed by atoms with van der Waals surface area (Å²) in [5.74, 6) is 0. The zero-order chi connectivity index (χ0) is 20.1. The normalized spacial score (nSPS) is 11.5. The lowest BCUT2D eigenvalue weighted by Gasteiger charge is -2.23. The van der Waals surface area contributed by atoms with Crippen molar-refractivity contribution >= 4 is 0 Å². The molecule has 160 valence electrons. The Morgan fingerprint density at radius 2 is 0.731 bits per heavy atom. The van der Waals surface area contributed by atoms with Gasteiger partial charge in [0.25, 0.3) is 21.1 Å². The molecule has 26 heavy (non-hydrogen) atoms. The number of unbranched alkanes of at least 4 members (excludes halogenated alkanes) is 15. The summed E-state index contributed by atoms with van der Waals surface area (Å²) in [6.45, 7) is 3.63. The van der Waals surface area contributed by atoms with Gasteiger partial charge < -0.3 is 14.8 Å². The van der Waals surface area contributed by atoms with Gasteiger partial charge in [0.1, 0.15) is 0 Å². The predicted molar refractivity (Wildman–Crippen MR) is 102 cm³/mol. The number of halogens is 1. The standard InChI is InChI=1S/C21H46N.IO3/c1-5-6-7-8-9-10-11-12-13-14-15-16-17-18-19-20-21-22(2,3)4;2-1(3)4/h5-21H2,1-4H3;/q+1;-1. The molecule has 0 N–H and O–H groups in total. The van der Waals surface area contributed by atoms with Crippen LogP contribution < -0.4 is 31.4 Å². The molecule has 0 unspecified atom stereocenters. The van der Waals surface area contributed by atoms with Crippen molar-refractivity contribution in [2.24, 2.45) is 0 Å². The number of hydrogen-bond donors (Lipinski definition) is 0. The molecule has 0 atom stereocenters. The molecule has 0 radical (unpaired) electrons. The third-order valence-electron chi connectivity index (χ3n) is 4.68. The van der Waals surface area contributed by atoms with Crippen molar-refractivity contribution in [3.8, 4) is 0 Å². The monoisotopic (exact) mass is 487 g/mol. The maximum Gasteiger partial charge on any atom is 0.282 e. The highest BCUT2D eigenvalue weighted by Gasteiger charge is 2.04. The first-order chi connectivity index (χ1) is 12.3. The molecule has 0 spiro atoms. The first-order valence-corrected chi connectivity index (χ1v) is 13.5. The lowest BCUT2D eigenvalue weighted by atomic mass is 10.0. The first kappa shape index (κ1) is 28.8. The fourth-order valence-corrected chi connectivity index (χ4v) is 3.13. The van der Waals surface area contributed by atoms with Gasteiger partial charge in [0.15, 0.2) is 0 Å². The number of nitrogens with zero attached hydrogens (tertiary/aromatic N) is 1. The van der Waals surface area contributed by atoms with E-state index in [0.29, 0.717) is 0 Å². The maximum atomic E-state index is 8.57. The molecular weight excluding hydrogens is 441 g/mol. The van der Waals surface area contributed by atoms with Crippen LogP contribution in [-0.2, 0) is 0 Å². The summed E-state index contributed by atoms with van der Waals surface area (Å²) in [5.41, 5.74) is 0. The molecule has 0 amide bonds. The Balaban J connectivity index is 0. The molecule has 0 aromatic rings. The van der Waals surface area contributed by atoms with Gasteiger partial charge >= 0.3 is 0 Å². The topological polar surface area (TPSA) is 69.2 Å². The van der Waals surface area contributed by atoms with Crippen LogP contribution in [0, 0.1) is 0 Å². The number of quaternary nitrogens is 1. The average molecular weight is 488 g/mol. The summed E-state index contributed by atoms with van der Waals surface area (Å²) in [7, 11) is 6.89. The summed E-state index contributed by atoms with van der Waals surface area (Å²) < 4.78 is 26.8. The van der Waals surface area contributed by atoms with E-state index in [1.807, 2.05) is 0 Å². The summed E-state index contributed by atoms with van der Waals surface area (Å²) in [6, 6.07) is 0. The third-order valence-corrected chi connectivity index (χ3v) is 4.68. The third kappa shape index (κ3) is 35.6. The van der Waals surface area contributed by atoms with Crippen molar-refractivity contribution in [3.05, 3.63) is 0 Å². The smallest absolute Gasteiger partial charge is 0.282 e. The lowest BCUT2D eigenvalue weighted by molar-refractivity contribution is -1.73. The van der Waals surface area contributed by atoms with Gasteiger partial charge in [-0.2, -0.15) is 0 Å². The molecule has 0 aliphatic carbocycles. The Morgan fingerprint density at radius 1 is 0.500 bits per heavy atom. The second-order valence-corrected chi connectivity index (χ2v) is 9.58. The molecule has 0 saturated heterocycles. The second kappa shape index (κ2) is 21.9. The fourth-order valence-electron chi connectivity index (χ4n) is 3.13. The van der Waals surface area contributed by atoms with Crippen molar-refractivity contribution in [3.63, 3.8) is 0 Å². The summed E-state index contributed by atoms with van der Waals surface area (Å²) in [6.07, 6.45) is 23.4. The van der Waals surface area contributed by atoms with Crippen LogP contribution in [0.4, 0.5) is 0 Å². The minimum atomic E-state index is -4.01. The van der Waals surface area contributed by atoms with Crippen LogP contribution in [0.15, 0.2) is 0 Å². The van der Waals surface area contributed by atoms with Crippen molar-refractivity contribution in [1.82, 2.24) is 0 Å². The highest BCUT2D eigenvalue weighted by Crippen LogP contribution is 2.13. The van der Waals surface area contributed by atoms with Gasteiger partial charge in [-0.1, -0.05) is 96.8 Å². The van der Waals surface area contributed by atoms with Gasteiger partial charge in [0.05, 0.1) is 27.7 Å². The van der Waals surface area contributed by atoms with Crippen molar-refractivity contribution in [2.75, 3.05) is 27.7 Å². The van der Waals surface area contributed by atoms with Crippen LogP contribution in [0.5, 0.6) is 0 Å². The van der Waals surface area contributed by atoms with Crippen LogP contribution in [0.2, 0.25) is 0 Å². The summed E-state index contributed by atoms with van der Waals surface area (Å²) in [4.78, 5) is 0. The van der Waals surface area contributed by atoms with Crippen LogP contribution >= 0.6 is 0 Å². The fraction of sp³-hybridized carbons (Fsp3) is 1.00. The van der Waals surface area contributed by atoms with E-state index in [-0.39, 0.29) is 0 Å². The second-order valence-electron chi connectivity index (χ2n) is 8.51. The molecule has 0 aromatic heterocycles. The molecular formula is C21H46INO3. The summed E-state index contributed by atoms with van der Waals surface area (Å²) in [5, 5.41) is 0. The van der Waals surface area contributed by atoms with Crippen LogP contribution in [0.3, 0.4) is 0 Å². The lowest BCUT2D eigenvalue weighted by Crippen LogP contribution is -4.05. The Kier molecular flexibility index (Phi) is 24.2. The van der Waals surface area contributed by atoms with Gasteiger partial charge in [0.2, 0.25) is 0 Å². The van der Waals surface area contributed by atoms with E-state index in [1.165, 1.54) is 109 Å². The Hall–Kier alpha value is 0.570. The van der Waals surface area contributed by atoms with Crippen molar-refractivity contribution in [1.29, 1.82) is 0 Å². The quantitative estimate of drug-likeness (QED) is 0.169. The minimum absolute atomic E-state index is 1.12. The molecule has 0 saturated carbocycles. The van der Waals surface area contributed by atoms with Crippen LogP contribution in [0.25, 0.3) is 0 Å². The Morgan fingerprint density at radius 3 is 0.962 bits per heavy atom. The minimum Gasteiger partial charge on any atom is -0.427 e. The predicted octanol–water partition coefficient (Wildman–Crippen LogP) is 0.391. The highest BCUT2D eigenvalue weighted by molar-refractivity contribution is 4.49. The zero-order valence-electron chi connectivity index (χ0n) is 18.1. The van der Waals surface area contributed by atoms with E-state index in [1.54, 1.807) is 0 Å². The van der Waals surface area contributed by atoms with Crippen molar-refractivity contribution < 1.29 is 35.9 Å². The number of rotatable bonds is 17. The average Bonchev–Trinajstić information content (AvgIpc) is 2.53. The van der Waals surface area contributed by atoms with Gasteiger partial charge in [0, 0.05) is 0 Å². The van der Waals surface area contributed by atoms with E-state index >= 15 is 0 Å². The molecule has 0 aliphatic heterocycles. The Bertz CT molecular complexity index is 255. The van der Waals surface area contributed by atoms with E-state index in [2.05, 4.69) is 28.1 Å². The first-order valence-electron chi connectivity index (χ1n) is 10.8. The summed E-state index contributed by atoms with van der Waals surface area (Å²) >= 11 is -4.01. The molecule has 0 fully saturated rings. The molecule has 0 heterocycles. The van der Waals surface area contributed by atoms with E-state index < -0.39 is 21.1 Å². The van der Waals surface area contributed by atoms with E-state index in [9.17, 15) is 0 Å². The van der Waals surface area contributed by atoms with Crippen LogP contribution in [-0.4, -0.2) is 32.2 Å². The van der Waals surface area contributed by atoms with E-state index in [4.69, 9.17) is 10.3 Å².